The summed E-state index contributed by atoms with van der Waals surface area (Å²) >= 11 is 5.61. The van der Waals surface area contributed by atoms with Crippen molar-refractivity contribution >= 4 is 38.9 Å². The molecule has 0 saturated heterocycles. The average molecular weight is 255 g/mol. The number of halogens is 1. The minimum Gasteiger partial charge on any atom is -0.293 e. The first kappa shape index (κ1) is 11.2. The summed E-state index contributed by atoms with van der Waals surface area (Å²) in [7, 11) is 0. The number of hydrogen-bond donors (Lipinski definition) is 0. The summed E-state index contributed by atoms with van der Waals surface area (Å²) in [6.45, 7) is 0. The number of benzene rings is 3. The zero-order valence-electron chi connectivity index (χ0n) is 9.69. The second kappa shape index (κ2) is 4.43. The molecule has 1 nitrogen and oxygen atoms in total. The molecule has 0 heterocycles. The van der Waals surface area contributed by atoms with Crippen molar-refractivity contribution in [2.75, 3.05) is 5.88 Å². The zero-order valence-corrected chi connectivity index (χ0v) is 10.4. The van der Waals surface area contributed by atoms with Crippen molar-refractivity contribution in [3.63, 3.8) is 0 Å². The van der Waals surface area contributed by atoms with Gasteiger partial charge < -0.3 is 0 Å². The highest BCUT2D eigenvalue weighted by atomic mass is 35.5. The second-order valence-corrected chi connectivity index (χ2v) is 4.55. The molecule has 0 aliphatic rings. The van der Waals surface area contributed by atoms with Crippen LogP contribution in [0.5, 0.6) is 0 Å². The Morgan fingerprint density at radius 1 is 0.889 bits per heavy atom. The molecule has 0 radical (unpaired) electrons. The highest BCUT2D eigenvalue weighted by Crippen LogP contribution is 2.26. The number of carbonyl (C=O) groups is 1. The van der Waals surface area contributed by atoms with Gasteiger partial charge in [-0.2, -0.15) is 0 Å². The van der Waals surface area contributed by atoms with Crippen LogP contribution in [0.2, 0.25) is 0 Å². The molecule has 0 unspecified atom stereocenters. The third kappa shape index (κ3) is 1.77. The van der Waals surface area contributed by atoms with Crippen LogP contribution >= 0.6 is 11.6 Å². The van der Waals surface area contributed by atoms with Crippen LogP contribution in [0.4, 0.5) is 0 Å². The molecule has 0 aromatic heterocycles. The summed E-state index contributed by atoms with van der Waals surface area (Å²) < 4.78 is 0. The molecule has 0 atom stereocenters. The van der Waals surface area contributed by atoms with Crippen LogP contribution < -0.4 is 0 Å². The van der Waals surface area contributed by atoms with Crippen molar-refractivity contribution in [1.82, 2.24) is 0 Å². The van der Waals surface area contributed by atoms with Gasteiger partial charge in [0.25, 0.3) is 0 Å². The molecule has 0 spiro atoms. The molecule has 0 amide bonds. The van der Waals surface area contributed by atoms with Crippen molar-refractivity contribution in [2.45, 2.75) is 0 Å². The summed E-state index contributed by atoms with van der Waals surface area (Å²) in [6, 6.07) is 18.1. The SMILES string of the molecule is O=C(CCl)c1ccc2ccc3ccccc3c2c1. The molecule has 3 aromatic carbocycles. The van der Waals surface area contributed by atoms with Gasteiger partial charge in [0.15, 0.2) is 5.78 Å². The first-order valence-corrected chi connectivity index (χ1v) is 6.34. The predicted molar refractivity (Wildman–Crippen MR) is 76.5 cm³/mol. The van der Waals surface area contributed by atoms with E-state index >= 15 is 0 Å². The van der Waals surface area contributed by atoms with E-state index < -0.39 is 0 Å². The topological polar surface area (TPSA) is 17.1 Å². The third-order valence-corrected chi connectivity index (χ3v) is 3.43. The van der Waals surface area contributed by atoms with Crippen LogP contribution in [0.3, 0.4) is 0 Å². The zero-order chi connectivity index (χ0) is 12.5. The minimum absolute atomic E-state index is 0.0241. The van der Waals surface area contributed by atoms with Gasteiger partial charge in [-0.3, -0.25) is 4.79 Å². The van der Waals surface area contributed by atoms with Crippen LogP contribution in [-0.4, -0.2) is 11.7 Å². The smallest absolute Gasteiger partial charge is 0.177 e. The van der Waals surface area contributed by atoms with Crippen LogP contribution in [-0.2, 0) is 0 Å². The van der Waals surface area contributed by atoms with Gasteiger partial charge in [-0.1, -0.05) is 48.5 Å². The molecule has 88 valence electrons. The van der Waals surface area contributed by atoms with Crippen LogP contribution in [0, 0.1) is 0 Å². The fourth-order valence-electron chi connectivity index (χ4n) is 2.25. The lowest BCUT2D eigenvalue weighted by molar-refractivity contribution is 0.102. The van der Waals surface area contributed by atoms with Crippen molar-refractivity contribution in [3.8, 4) is 0 Å². The van der Waals surface area contributed by atoms with E-state index in [9.17, 15) is 4.79 Å². The van der Waals surface area contributed by atoms with Gasteiger partial charge in [0.1, 0.15) is 0 Å². The number of carbonyl (C=O) groups excluding carboxylic acids is 1. The van der Waals surface area contributed by atoms with Crippen molar-refractivity contribution < 1.29 is 4.79 Å². The van der Waals surface area contributed by atoms with Crippen LogP contribution in [0.15, 0.2) is 54.6 Å². The maximum absolute atomic E-state index is 11.7. The Labute approximate surface area is 110 Å². The molecular weight excluding hydrogens is 244 g/mol. The van der Waals surface area contributed by atoms with Gasteiger partial charge >= 0.3 is 0 Å². The Balaban J connectivity index is 2.36. The minimum atomic E-state index is -0.0356. The Morgan fingerprint density at radius 3 is 2.33 bits per heavy atom. The lowest BCUT2D eigenvalue weighted by Gasteiger charge is -2.05. The Morgan fingerprint density at radius 2 is 1.56 bits per heavy atom. The number of alkyl halides is 1. The molecule has 3 aromatic rings. The number of Topliss-reactive ketones (excluding diaryl/α,β-unsaturated/α-hetero) is 1. The van der Waals surface area contributed by atoms with Gasteiger partial charge in [-0.15, -0.1) is 11.6 Å². The number of rotatable bonds is 2. The highest BCUT2D eigenvalue weighted by Gasteiger charge is 2.06. The van der Waals surface area contributed by atoms with E-state index in [1.54, 1.807) is 0 Å². The summed E-state index contributed by atoms with van der Waals surface area (Å²) in [6.07, 6.45) is 0. The molecule has 18 heavy (non-hydrogen) atoms. The van der Waals surface area contributed by atoms with Crippen LogP contribution in [0.1, 0.15) is 10.4 Å². The molecule has 3 rings (SSSR count). The van der Waals surface area contributed by atoms with Gasteiger partial charge in [0.2, 0.25) is 0 Å². The number of ketones is 1. The number of hydrogen-bond acceptors (Lipinski definition) is 1. The molecule has 0 N–H and O–H groups in total. The van der Waals surface area contributed by atoms with E-state index in [4.69, 9.17) is 11.6 Å². The highest BCUT2D eigenvalue weighted by molar-refractivity contribution is 6.30. The predicted octanol–water partition coefficient (Wildman–Crippen LogP) is 4.41. The van der Waals surface area contributed by atoms with E-state index in [-0.39, 0.29) is 11.7 Å². The van der Waals surface area contributed by atoms with E-state index in [1.807, 2.05) is 30.3 Å². The Hall–Kier alpha value is -1.86. The van der Waals surface area contributed by atoms with Crippen LogP contribution in [0.25, 0.3) is 21.5 Å². The van der Waals surface area contributed by atoms with E-state index in [0.717, 1.165) is 10.8 Å². The lowest BCUT2D eigenvalue weighted by atomic mass is 9.99. The van der Waals surface area contributed by atoms with Crippen molar-refractivity contribution in [1.29, 1.82) is 0 Å². The maximum atomic E-state index is 11.7. The molecular formula is C16H11ClO. The Kier molecular flexibility index (Phi) is 2.77. The molecule has 2 heteroatoms. The van der Waals surface area contributed by atoms with Gasteiger partial charge in [0.05, 0.1) is 5.88 Å². The maximum Gasteiger partial charge on any atom is 0.177 e. The second-order valence-electron chi connectivity index (χ2n) is 4.28. The summed E-state index contributed by atoms with van der Waals surface area (Å²) in [5, 5.41) is 4.59. The standard InChI is InChI=1S/C16H11ClO/c17-10-16(18)13-8-7-12-6-5-11-3-1-2-4-14(11)15(12)9-13/h1-9H,10H2. The molecule has 0 bridgehead atoms. The fourth-order valence-corrected chi connectivity index (χ4v) is 2.41. The fraction of sp³-hybridized carbons (Fsp3) is 0.0625. The van der Waals surface area contributed by atoms with E-state index in [2.05, 4.69) is 24.3 Å². The monoisotopic (exact) mass is 254 g/mol. The van der Waals surface area contributed by atoms with Gasteiger partial charge in [0, 0.05) is 5.56 Å². The quantitative estimate of drug-likeness (QED) is 0.376. The normalized spacial score (nSPS) is 10.9. The lowest BCUT2D eigenvalue weighted by Crippen LogP contribution is -1.99. The summed E-state index contributed by atoms with van der Waals surface area (Å²) in [5.41, 5.74) is 0.675. The van der Waals surface area contributed by atoms with Crippen molar-refractivity contribution in [2.24, 2.45) is 0 Å². The largest absolute Gasteiger partial charge is 0.293 e. The molecule has 0 fully saturated rings. The third-order valence-electron chi connectivity index (χ3n) is 3.19. The summed E-state index contributed by atoms with van der Waals surface area (Å²) in [5.74, 6) is -0.0116. The summed E-state index contributed by atoms with van der Waals surface area (Å²) in [4.78, 5) is 11.7. The van der Waals surface area contributed by atoms with Gasteiger partial charge in [-0.05, 0) is 27.6 Å². The van der Waals surface area contributed by atoms with E-state index in [1.165, 1.54) is 10.8 Å². The molecule has 0 aliphatic carbocycles. The Bertz CT molecular complexity index is 746. The molecule has 0 saturated carbocycles. The van der Waals surface area contributed by atoms with E-state index in [0.29, 0.717) is 5.56 Å². The van der Waals surface area contributed by atoms with Gasteiger partial charge in [-0.25, -0.2) is 0 Å². The first-order valence-electron chi connectivity index (χ1n) is 5.80. The number of fused-ring (bicyclic) bond motifs is 3. The first-order chi connectivity index (χ1) is 8.79. The van der Waals surface area contributed by atoms with Crippen molar-refractivity contribution in [3.05, 3.63) is 60.2 Å². The molecule has 0 aliphatic heterocycles. The average Bonchev–Trinajstić information content (AvgIpc) is 2.45.